The molecule has 1 aromatic rings. The predicted molar refractivity (Wildman–Crippen MR) is 62.5 cm³/mol. The first-order chi connectivity index (χ1) is 7.70. The van der Waals surface area contributed by atoms with E-state index in [9.17, 15) is 4.79 Å². The Bertz CT molecular complexity index is 400. The molecule has 1 saturated carbocycles. The molecule has 0 unspecified atom stereocenters. The molecule has 16 heavy (non-hydrogen) atoms. The summed E-state index contributed by atoms with van der Waals surface area (Å²) < 4.78 is 5.07. The lowest BCUT2D eigenvalue weighted by Gasteiger charge is -2.08. The van der Waals surface area contributed by atoms with E-state index in [0.29, 0.717) is 22.9 Å². The second kappa shape index (κ2) is 4.43. The molecule has 1 amide bonds. The molecule has 1 fully saturated rings. The zero-order valence-electron chi connectivity index (χ0n) is 9.32. The van der Waals surface area contributed by atoms with Crippen molar-refractivity contribution in [2.45, 2.75) is 12.8 Å². The number of rotatable bonds is 4. The quantitative estimate of drug-likeness (QED) is 0.754. The van der Waals surface area contributed by atoms with Crippen LogP contribution in [-0.4, -0.2) is 19.6 Å². The van der Waals surface area contributed by atoms with E-state index < -0.39 is 0 Å². The third kappa shape index (κ3) is 2.45. The van der Waals surface area contributed by atoms with E-state index in [4.69, 9.17) is 10.5 Å². The molecule has 1 aliphatic carbocycles. The van der Waals surface area contributed by atoms with Crippen LogP contribution in [0, 0.1) is 5.92 Å². The molecular weight excluding hydrogens is 204 g/mol. The van der Waals surface area contributed by atoms with Crippen LogP contribution in [0.15, 0.2) is 18.2 Å². The highest BCUT2D eigenvalue weighted by Crippen LogP contribution is 2.28. The number of hydrogen-bond acceptors (Lipinski definition) is 3. The van der Waals surface area contributed by atoms with Gasteiger partial charge in [0.15, 0.2) is 0 Å². The Morgan fingerprint density at radius 2 is 2.31 bits per heavy atom. The summed E-state index contributed by atoms with van der Waals surface area (Å²) in [5.41, 5.74) is 6.81. The number of nitrogens with two attached hydrogens (primary N) is 1. The van der Waals surface area contributed by atoms with Crippen molar-refractivity contribution in [3.05, 3.63) is 23.8 Å². The maximum Gasteiger partial charge on any atom is 0.251 e. The van der Waals surface area contributed by atoms with E-state index in [-0.39, 0.29) is 5.91 Å². The Morgan fingerprint density at radius 3 is 2.94 bits per heavy atom. The monoisotopic (exact) mass is 220 g/mol. The number of hydrogen-bond donors (Lipinski definition) is 2. The zero-order valence-corrected chi connectivity index (χ0v) is 9.32. The number of carbonyl (C=O) groups is 1. The van der Waals surface area contributed by atoms with Crippen molar-refractivity contribution < 1.29 is 9.53 Å². The number of anilines is 1. The Balaban J connectivity index is 2.03. The van der Waals surface area contributed by atoms with Gasteiger partial charge in [0.05, 0.1) is 12.8 Å². The number of carbonyl (C=O) groups excluding carboxylic acids is 1. The average molecular weight is 220 g/mol. The van der Waals surface area contributed by atoms with Crippen LogP contribution < -0.4 is 15.8 Å². The van der Waals surface area contributed by atoms with E-state index in [1.54, 1.807) is 18.2 Å². The molecule has 1 aliphatic rings. The van der Waals surface area contributed by atoms with E-state index in [1.807, 2.05) is 0 Å². The summed E-state index contributed by atoms with van der Waals surface area (Å²) in [6.45, 7) is 0.769. The Labute approximate surface area is 94.8 Å². The smallest absolute Gasteiger partial charge is 0.251 e. The molecule has 0 atom stereocenters. The van der Waals surface area contributed by atoms with Crippen molar-refractivity contribution in [3.8, 4) is 5.75 Å². The lowest BCUT2D eigenvalue weighted by Crippen LogP contribution is -2.25. The lowest BCUT2D eigenvalue weighted by molar-refractivity contribution is 0.0951. The summed E-state index contributed by atoms with van der Waals surface area (Å²) in [5, 5.41) is 2.90. The predicted octanol–water partition coefficient (Wildman–Crippen LogP) is 1.42. The van der Waals surface area contributed by atoms with Gasteiger partial charge < -0.3 is 15.8 Å². The highest BCUT2D eigenvalue weighted by Gasteiger charge is 2.21. The highest BCUT2D eigenvalue weighted by atomic mass is 16.5. The van der Waals surface area contributed by atoms with Crippen LogP contribution in [-0.2, 0) is 0 Å². The van der Waals surface area contributed by atoms with E-state index in [2.05, 4.69) is 5.32 Å². The number of amides is 1. The van der Waals surface area contributed by atoms with Gasteiger partial charge in [0, 0.05) is 12.1 Å². The minimum atomic E-state index is -0.0646. The van der Waals surface area contributed by atoms with Gasteiger partial charge in [0.1, 0.15) is 5.75 Å². The molecule has 2 rings (SSSR count). The third-order valence-corrected chi connectivity index (χ3v) is 2.74. The van der Waals surface area contributed by atoms with Crippen LogP contribution in [0.1, 0.15) is 23.2 Å². The van der Waals surface area contributed by atoms with Crippen molar-refractivity contribution in [3.63, 3.8) is 0 Å². The van der Waals surface area contributed by atoms with E-state index in [0.717, 1.165) is 6.54 Å². The van der Waals surface area contributed by atoms with E-state index in [1.165, 1.54) is 20.0 Å². The third-order valence-electron chi connectivity index (χ3n) is 2.74. The lowest BCUT2D eigenvalue weighted by atomic mass is 10.1. The Morgan fingerprint density at radius 1 is 1.56 bits per heavy atom. The molecule has 0 saturated heterocycles. The standard InChI is InChI=1S/C12H16N2O2/c1-16-11-6-9(4-5-10(11)13)12(15)14-7-8-2-3-8/h4-6,8H,2-3,7,13H2,1H3,(H,14,15). The van der Waals surface area contributed by atoms with Crippen molar-refractivity contribution in [2.75, 3.05) is 19.4 Å². The van der Waals surface area contributed by atoms with E-state index >= 15 is 0 Å². The van der Waals surface area contributed by atoms with Crippen molar-refractivity contribution in [1.82, 2.24) is 5.32 Å². The molecule has 1 aromatic carbocycles. The normalized spacial score (nSPS) is 14.6. The first-order valence-electron chi connectivity index (χ1n) is 5.42. The summed E-state index contributed by atoms with van der Waals surface area (Å²) in [5.74, 6) is 1.16. The van der Waals surface area contributed by atoms with Crippen LogP contribution in [0.5, 0.6) is 5.75 Å². The van der Waals surface area contributed by atoms with Crippen LogP contribution in [0.2, 0.25) is 0 Å². The molecular formula is C12H16N2O2. The number of ether oxygens (including phenoxy) is 1. The summed E-state index contributed by atoms with van der Waals surface area (Å²) in [6, 6.07) is 5.06. The molecule has 3 N–H and O–H groups in total. The molecule has 0 aliphatic heterocycles. The molecule has 4 heteroatoms. The number of nitrogens with one attached hydrogen (secondary N) is 1. The average Bonchev–Trinajstić information content (AvgIpc) is 3.10. The second-order valence-corrected chi connectivity index (χ2v) is 4.11. The van der Waals surface area contributed by atoms with Gasteiger partial charge in [-0.2, -0.15) is 0 Å². The fourth-order valence-corrected chi connectivity index (χ4v) is 1.51. The second-order valence-electron chi connectivity index (χ2n) is 4.11. The van der Waals surface area contributed by atoms with Gasteiger partial charge in [0.2, 0.25) is 0 Å². The van der Waals surface area contributed by atoms with Gasteiger partial charge >= 0.3 is 0 Å². The van der Waals surface area contributed by atoms with Crippen molar-refractivity contribution >= 4 is 11.6 Å². The van der Waals surface area contributed by atoms with Crippen LogP contribution in [0.4, 0.5) is 5.69 Å². The maximum absolute atomic E-state index is 11.7. The van der Waals surface area contributed by atoms with Gasteiger partial charge in [-0.1, -0.05) is 0 Å². The first-order valence-corrected chi connectivity index (χ1v) is 5.42. The molecule has 4 nitrogen and oxygen atoms in total. The van der Waals surface area contributed by atoms with Crippen molar-refractivity contribution in [1.29, 1.82) is 0 Å². The number of nitrogen functional groups attached to an aromatic ring is 1. The largest absolute Gasteiger partial charge is 0.495 e. The van der Waals surface area contributed by atoms with Gasteiger partial charge in [-0.05, 0) is 37.0 Å². The first kappa shape index (κ1) is 10.8. The molecule has 0 spiro atoms. The summed E-state index contributed by atoms with van der Waals surface area (Å²) in [4.78, 5) is 11.7. The van der Waals surface area contributed by atoms with Crippen molar-refractivity contribution in [2.24, 2.45) is 5.92 Å². The Kier molecular flexibility index (Phi) is 2.99. The summed E-state index contributed by atoms with van der Waals surface area (Å²) in [6.07, 6.45) is 2.46. The van der Waals surface area contributed by atoms with Crippen LogP contribution in [0.3, 0.4) is 0 Å². The molecule has 86 valence electrons. The SMILES string of the molecule is COc1cc(C(=O)NCC2CC2)ccc1N. The fourth-order valence-electron chi connectivity index (χ4n) is 1.51. The van der Waals surface area contributed by atoms with Crippen LogP contribution in [0.25, 0.3) is 0 Å². The summed E-state index contributed by atoms with van der Waals surface area (Å²) in [7, 11) is 1.54. The molecule has 0 aromatic heterocycles. The molecule has 0 bridgehead atoms. The molecule has 0 radical (unpaired) electrons. The maximum atomic E-state index is 11.7. The van der Waals surface area contributed by atoms with Gasteiger partial charge in [0.25, 0.3) is 5.91 Å². The zero-order chi connectivity index (χ0) is 11.5. The number of benzene rings is 1. The summed E-state index contributed by atoms with van der Waals surface area (Å²) >= 11 is 0. The van der Waals surface area contributed by atoms with Crippen LogP contribution >= 0.6 is 0 Å². The fraction of sp³-hybridized carbons (Fsp3) is 0.417. The minimum Gasteiger partial charge on any atom is -0.495 e. The minimum absolute atomic E-state index is 0.0646. The Hall–Kier alpha value is -1.71. The highest BCUT2D eigenvalue weighted by molar-refractivity contribution is 5.95. The molecule has 0 heterocycles. The van der Waals surface area contributed by atoms with Gasteiger partial charge in [-0.25, -0.2) is 0 Å². The number of methoxy groups -OCH3 is 1. The topological polar surface area (TPSA) is 64.3 Å². The van der Waals surface area contributed by atoms with Gasteiger partial charge in [-0.3, -0.25) is 4.79 Å². The van der Waals surface area contributed by atoms with Gasteiger partial charge in [-0.15, -0.1) is 0 Å².